The normalized spacial score (nSPS) is 11.8. The highest BCUT2D eigenvalue weighted by molar-refractivity contribution is 7.22. The summed E-state index contributed by atoms with van der Waals surface area (Å²) in [6.07, 6.45) is -4.39. The molecule has 0 saturated carbocycles. The van der Waals surface area contributed by atoms with Gasteiger partial charge >= 0.3 is 6.18 Å². The molecule has 0 amide bonds. The lowest BCUT2D eigenvalue weighted by atomic mass is 10.1. The lowest BCUT2D eigenvalue weighted by Gasteiger charge is -2.07. The molecule has 1 N–H and O–H groups in total. The molecule has 2 aromatic rings. The molecule has 1 aromatic carbocycles. The maximum atomic E-state index is 12.6. The summed E-state index contributed by atoms with van der Waals surface area (Å²) in [6, 6.07) is 4.84. The van der Waals surface area contributed by atoms with Crippen molar-refractivity contribution in [2.45, 2.75) is 12.8 Å². The summed E-state index contributed by atoms with van der Waals surface area (Å²) >= 11 is 1.05. The van der Waals surface area contributed by atoms with E-state index in [1.807, 2.05) is 0 Å². The molecule has 0 aliphatic carbocycles. The number of thiazole rings is 1. The highest BCUT2D eigenvalue weighted by Gasteiger charge is 2.30. The van der Waals surface area contributed by atoms with Crippen molar-refractivity contribution in [3.05, 3.63) is 35.5 Å². The maximum absolute atomic E-state index is 12.6. The Kier molecular flexibility index (Phi) is 3.45. The number of aromatic nitrogens is 1. The van der Waals surface area contributed by atoms with E-state index in [0.29, 0.717) is 15.3 Å². The van der Waals surface area contributed by atoms with E-state index in [1.165, 1.54) is 12.1 Å². The Bertz CT molecular complexity index is 568. The Hall–Kier alpha value is -1.34. The molecule has 0 fully saturated rings. The van der Waals surface area contributed by atoms with Gasteiger partial charge in [0.25, 0.3) is 0 Å². The van der Waals surface area contributed by atoms with E-state index in [2.05, 4.69) is 4.98 Å². The van der Waals surface area contributed by atoms with E-state index < -0.39 is 11.7 Å². The van der Waals surface area contributed by atoms with Crippen LogP contribution in [0.15, 0.2) is 24.3 Å². The Morgan fingerprint density at radius 3 is 2.61 bits per heavy atom. The summed E-state index contributed by atoms with van der Waals surface area (Å²) in [5.74, 6) is 0. The van der Waals surface area contributed by atoms with Crippen molar-refractivity contribution in [1.82, 2.24) is 4.98 Å². The van der Waals surface area contributed by atoms with Gasteiger partial charge < -0.3 is 5.11 Å². The summed E-state index contributed by atoms with van der Waals surface area (Å²) < 4.78 is 38.0. The molecule has 0 atom stereocenters. The molecule has 0 aliphatic heterocycles. The Morgan fingerprint density at radius 2 is 2.06 bits per heavy atom. The molecule has 0 spiro atoms. The fourth-order valence-electron chi connectivity index (χ4n) is 1.43. The lowest BCUT2D eigenvalue weighted by Crippen LogP contribution is -2.04. The topological polar surface area (TPSA) is 33.1 Å². The van der Waals surface area contributed by atoms with Crippen molar-refractivity contribution in [2.75, 3.05) is 0 Å². The van der Waals surface area contributed by atoms with Crippen molar-refractivity contribution < 1.29 is 18.3 Å². The van der Waals surface area contributed by atoms with Crippen LogP contribution in [0, 0.1) is 0 Å². The molecule has 2 rings (SSSR count). The monoisotopic (exact) mass is 269 g/mol. The van der Waals surface area contributed by atoms with Crippen molar-refractivity contribution in [3.63, 3.8) is 0 Å². The van der Waals surface area contributed by atoms with Crippen molar-refractivity contribution in [3.8, 4) is 10.6 Å². The average Bonchev–Trinajstić information content (AvgIpc) is 2.70. The molecule has 2 radical (unpaired) electrons. The van der Waals surface area contributed by atoms with Crippen molar-refractivity contribution in [1.29, 1.82) is 0 Å². The van der Waals surface area contributed by atoms with Crippen LogP contribution in [0.5, 0.6) is 0 Å². The third-order valence-corrected chi connectivity index (χ3v) is 3.29. The molecular weight excluding hydrogens is 262 g/mol. The first kappa shape index (κ1) is 13.1. The highest BCUT2D eigenvalue weighted by Crippen LogP contribution is 2.32. The van der Waals surface area contributed by atoms with Gasteiger partial charge in [-0.15, -0.1) is 11.3 Å². The van der Waals surface area contributed by atoms with Crippen LogP contribution in [-0.2, 0) is 12.8 Å². The Balaban J connectivity index is 2.44. The lowest BCUT2D eigenvalue weighted by molar-refractivity contribution is -0.137. The third kappa shape index (κ3) is 2.57. The molecule has 0 unspecified atom stereocenters. The van der Waals surface area contributed by atoms with E-state index in [-0.39, 0.29) is 12.3 Å². The van der Waals surface area contributed by atoms with Gasteiger partial charge in [0.2, 0.25) is 0 Å². The molecule has 1 heterocycles. The van der Waals surface area contributed by atoms with Crippen LogP contribution in [0.25, 0.3) is 10.6 Å². The second-order valence-corrected chi connectivity index (χ2v) is 4.60. The minimum absolute atomic E-state index is 0.285. The van der Waals surface area contributed by atoms with Crippen molar-refractivity contribution >= 4 is 24.0 Å². The summed E-state index contributed by atoms with van der Waals surface area (Å²) in [7, 11) is 5.59. The zero-order valence-electron chi connectivity index (χ0n) is 9.03. The van der Waals surface area contributed by atoms with Crippen LogP contribution in [0.4, 0.5) is 13.2 Å². The minimum atomic E-state index is -4.39. The number of hydrogen-bond acceptors (Lipinski definition) is 3. The Morgan fingerprint density at radius 1 is 1.33 bits per heavy atom. The van der Waals surface area contributed by atoms with Gasteiger partial charge in [-0.3, -0.25) is 0 Å². The zero-order chi connectivity index (χ0) is 13.3. The van der Waals surface area contributed by atoms with Gasteiger partial charge in [-0.25, -0.2) is 4.98 Å². The number of aliphatic hydroxyl groups is 1. The second kappa shape index (κ2) is 4.74. The predicted molar refractivity (Wildman–Crippen MR) is 63.9 cm³/mol. The largest absolute Gasteiger partial charge is 0.416 e. The SMILES string of the molecule is [B]c1sc(-c2cccc(C(F)(F)F)c2)nc1CO. The first-order valence-electron chi connectivity index (χ1n) is 4.95. The molecule has 1 aromatic heterocycles. The number of hydrogen-bond donors (Lipinski definition) is 1. The maximum Gasteiger partial charge on any atom is 0.416 e. The van der Waals surface area contributed by atoms with E-state index in [0.717, 1.165) is 23.5 Å². The van der Waals surface area contributed by atoms with E-state index in [1.54, 1.807) is 0 Å². The molecule has 2 nitrogen and oxygen atoms in total. The number of halogens is 3. The van der Waals surface area contributed by atoms with Crippen LogP contribution in [0.1, 0.15) is 11.3 Å². The highest BCUT2D eigenvalue weighted by atomic mass is 32.1. The minimum Gasteiger partial charge on any atom is -0.390 e. The Labute approximate surface area is 107 Å². The summed E-state index contributed by atoms with van der Waals surface area (Å²) in [5.41, 5.74) is -0.118. The van der Waals surface area contributed by atoms with Gasteiger partial charge in [-0.2, -0.15) is 13.2 Å². The number of alkyl halides is 3. The van der Waals surface area contributed by atoms with Crippen LogP contribution in [0.2, 0.25) is 0 Å². The number of nitrogens with zero attached hydrogens (tertiary/aromatic N) is 1. The molecular formula is C11H7BF3NOS. The van der Waals surface area contributed by atoms with Crippen LogP contribution in [0.3, 0.4) is 0 Å². The summed E-state index contributed by atoms with van der Waals surface area (Å²) in [5, 5.41) is 9.31. The molecule has 92 valence electrons. The van der Waals surface area contributed by atoms with E-state index >= 15 is 0 Å². The molecule has 0 saturated heterocycles. The molecule has 0 aliphatic rings. The summed E-state index contributed by atoms with van der Waals surface area (Å²) in [4.78, 5) is 4.00. The molecule has 18 heavy (non-hydrogen) atoms. The average molecular weight is 269 g/mol. The number of rotatable bonds is 2. The number of benzene rings is 1. The summed E-state index contributed by atoms with van der Waals surface area (Å²) in [6.45, 7) is -0.332. The fourth-order valence-corrected chi connectivity index (χ4v) is 2.27. The molecule has 0 bridgehead atoms. The van der Waals surface area contributed by atoms with Gasteiger partial charge in [0.05, 0.1) is 17.9 Å². The van der Waals surface area contributed by atoms with Gasteiger partial charge in [0.1, 0.15) is 12.9 Å². The fraction of sp³-hybridized carbons (Fsp3) is 0.182. The van der Waals surface area contributed by atoms with Gasteiger partial charge in [-0.05, 0) is 16.9 Å². The van der Waals surface area contributed by atoms with E-state index in [9.17, 15) is 13.2 Å². The van der Waals surface area contributed by atoms with Crippen LogP contribution < -0.4 is 4.78 Å². The van der Waals surface area contributed by atoms with E-state index in [4.69, 9.17) is 13.0 Å². The first-order chi connectivity index (χ1) is 8.41. The molecule has 7 heteroatoms. The van der Waals surface area contributed by atoms with Crippen LogP contribution >= 0.6 is 11.3 Å². The second-order valence-electron chi connectivity index (χ2n) is 3.57. The van der Waals surface area contributed by atoms with Gasteiger partial charge in [-0.1, -0.05) is 12.1 Å². The zero-order valence-corrected chi connectivity index (χ0v) is 9.85. The predicted octanol–water partition coefficient (Wildman–Crippen LogP) is 2.12. The smallest absolute Gasteiger partial charge is 0.390 e. The standard InChI is InChI=1S/C11H7BF3NOS/c12-9-8(5-17)16-10(18-9)6-2-1-3-7(4-6)11(13,14)15/h1-4,17H,5H2. The van der Waals surface area contributed by atoms with Gasteiger partial charge in [0.15, 0.2) is 0 Å². The van der Waals surface area contributed by atoms with Crippen molar-refractivity contribution in [2.24, 2.45) is 0 Å². The third-order valence-electron chi connectivity index (χ3n) is 2.31. The number of aliphatic hydroxyl groups excluding tert-OH is 1. The van der Waals surface area contributed by atoms with Gasteiger partial charge in [0, 0.05) is 5.56 Å². The van der Waals surface area contributed by atoms with Crippen LogP contribution in [-0.4, -0.2) is 17.9 Å². The first-order valence-corrected chi connectivity index (χ1v) is 5.77. The quantitative estimate of drug-likeness (QED) is 0.847.